The zero-order valence-electron chi connectivity index (χ0n) is 8.34. The normalized spacial score (nSPS) is 10.2. The fraction of sp³-hybridized carbons (Fsp3) is 0.333. The van der Waals surface area contributed by atoms with Gasteiger partial charge in [-0.15, -0.1) is 0 Å². The molecule has 0 aliphatic carbocycles. The highest BCUT2D eigenvalue weighted by molar-refractivity contribution is 5.34. The number of hydrogen-bond donors (Lipinski definition) is 1. The molecule has 0 amide bonds. The van der Waals surface area contributed by atoms with Crippen LogP contribution in [0.3, 0.4) is 0 Å². The number of aryl methyl sites for hydroxylation is 1. The number of anilines is 1. The first-order valence-corrected chi connectivity index (χ1v) is 4.62. The van der Waals surface area contributed by atoms with Gasteiger partial charge in [0.05, 0.1) is 0 Å². The van der Waals surface area contributed by atoms with Crippen LogP contribution in [-0.4, -0.2) is 26.7 Å². The van der Waals surface area contributed by atoms with Gasteiger partial charge >= 0.3 is 0 Å². The monoisotopic (exact) mass is 205 g/mol. The molecule has 0 radical (unpaired) electrons. The molecule has 0 saturated heterocycles. The van der Waals surface area contributed by atoms with E-state index in [1.165, 1.54) is 12.7 Å². The predicted octanol–water partition coefficient (Wildman–Crippen LogP) is 0.823. The van der Waals surface area contributed by atoms with Crippen LogP contribution < -0.4 is 5.32 Å². The second kappa shape index (κ2) is 4.50. The summed E-state index contributed by atoms with van der Waals surface area (Å²) in [6, 6.07) is 1.88. The summed E-state index contributed by atoms with van der Waals surface area (Å²) in [5, 5.41) is 6.67. The standard InChI is InChI=1S/C9H11N5O/c1-7-4-8(12-5-11-7)10-3-2-9-13-6-14-15-9/h4-6H,2-3H2,1H3,(H,10,11,12). The van der Waals surface area contributed by atoms with Crippen molar-refractivity contribution in [2.45, 2.75) is 13.3 Å². The van der Waals surface area contributed by atoms with Crippen molar-refractivity contribution in [2.24, 2.45) is 0 Å². The van der Waals surface area contributed by atoms with Gasteiger partial charge in [-0.3, -0.25) is 0 Å². The van der Waals surface area contributed by atoms with Crippen LogP contribution in [0.4, 0.5) is 5.82 Å². The maximum Gasteiger partial charge on any atom is 0.228 e. The molecule has 0 bridgehead atoms. The van der Waals surface area contributed by atoms with E-state index in [4.69, 9.17) is 4.52 Å². The summed E-state index contributed by atoms with van der Waals surface area (Å²) in [6.45, 7) is 2.63. The molecule has 2 rings (SSSR count). The Morgan fingerprint density at radius 1 is 1.27 bits per heavy atom. The Labute approximate surface area is 86.8 Å². The minimum atomic E-state index is 0.619. The molecule has 2 aromatic rings. The largest absolute Gasteiger partial charge is 0.369 e. The topological polar surface area (TPSA) is 76.7 Å². The number of nitrogens with one attached hydrogen (secondary N) is 1. The summed E-state index contributed by atoms with van der Waals surface area (Å²) in [5.74, 6) is 1.43. The first-order chi connectivity index (χ1) is 7.34. The molecule has 0 spiro atoms. The van der Waals surface area contributed by atoms with Gasteiger partial charge in [0.25, 0.3) is 0 Å². The number of aromatic nitrogens is 4. The Morgan fingerprint density at radius 3 is 2.93 bits per heavy atom. The average molecular weight is 205 g/mol. The Bertz CT molecular complexity index is 414. The van der Waals surface area contributed by atoms with Crippen LogP contribution in [0.15, 0.2) is 23.2 Å². The van der Waals surface area contributed by atoms with Crippen molar-refractivity contribution in [1.82, 2.24) is 20.1 Å². The summed E-state index contributed by atoms with van der Waals surface area (Å²) in [7, 11) is 0. The van der Waals surface area contributed by atoms with E-state index in [2.05, 4.69) is 25.4 Å². The lowest BCUT2D eigenvalue weighted by Gasteiger charge is -2.02. The first-order valence-electron chi connectivity index (χ1n) is 4.62. The lowest BCUT2D eigenvalue weighted by molar-refractivity contribution is 0.379. The van der Waals surface area contributed by atoms with E-state index < -0.39 is 0 Å². The van der Waals surface area contributed by atoms with Crippen molar-refractivity contribution in [2.75, 3.05) is 11.9 Å². The highest BCUT2D eigenvalue weighted by Gasteiger charge is 1.99. The molecule has 0 unspecified atom stereocenters. The van der Waals surface area contributed by atoms with E-state index in [1.807, 2.05) is 13.0 Å². The third kappa shape index (κ3) is 2.73. The summed E-state index contributed by atoms with van der Waals surface area (Å²) in [6.07, 6.45) is 3.61. The van der Waals surface area contributed by atoms with Gasteiger partial charge in [-0.2, -0.15) is 4.98 Å². The molecule has 6 nitrogen and oxygen atoms in total. The molecule has 0 atom stereocenters. The summed E-state index contributed by atoms with van der Waals surface area (Å²) in [4.78, 5) is 12.0. The average Bonchev–Trinajstić information content (AvgIpc) is 2.71. The first kappa shape index (κ1) is 9.57. The Hall–Kier alpha value is -1.98. The lowest BCUT2D eigenvalue weighted by Crippen LogP contribution is -2.06. The van der Waals surface area contributed by atoms with Crippen molar-refractivity contribution in [3.63, 3.8) is 0 Å². The fourth-order valence-electron chi connectivity index (χ4n) is 1.15. The van der Waals surface area contributed by atoms with Crippen LogP contribution in [0.25, 0.3) is 0 Å². The predicted molar refractivity (Wildman–Crippen MR) is 53.3 cm³/mol. The zero-order valence-corrected chi connectivity index (χ0v) is 8.34. The lowest BCUT2D eigenvalue weighted by atomic mass is 10.4. The summed E-state index contributed by atoms with van der Waals surface area (Å²) < 4.78 is 4.86. The van der Waals surface area contributed by atoms with Gasteiger partial charge in [-0.1, -0.05) is 5.16 Å². The Balaban J connectivity index is 1.83. The van der Waals surface area contributed by atoms with E-state index >= 15 is 0 Å². The molecule has 0 aliphatic rings. The maximum atomic E-state index is 4.86. The van der Waals surface area contributed by atoms with Crippen molar-refractivity contribution < 1.29 is 4.52 Å². The molecule has 0 aromatic carbocycles. The Morgan fingerprint density at radius 2 is 2.20 bits per heavy atom. The minimum Gasteiger partial charge on any atom is -0.369 e. The fourth-order valence-corrected chi connectivity index (χ4v) is 1.15. The van der Waals surface area contributed by atoms with Gasteiger partial charge < -0.3 is 9.84 Å². The maximum absolute atomic E-state index is 4.86. The molecule has 2 heterocycles. The molecule has 0 aliphatic heterocycles. The minimum absolute atomic E-state index is 0.619. The molecule has 78 valence electrons. The quantitative estimate of drug-likeness (QED) is 0.796. The Kier molecular flexibility index (Phi) is 2.87. The van der Waals surface area contributed by atoms with Gasteiger partial charge in [-0.25, -0.2) is 9.97 Å². The van der Waals surface area contributed by atoms with Crippen molar-refractivity contribution >= 4 is 5.82 Å². The van der Waals surface area contributed by atoms with E-state index in [1.54, 1.807) is 0 Å². The van der Waals surface area contributed by atoms with Crippen LogP contribution in [0.2, 0.25) is 0 Å². The molecule has 2 aromatic heterocycles. The molecule has 0 saturated carbocycles. The van der Waals surface area contributed by atoms with E-state index in [9.17, 15) is 0 Å². The van der Waals surface area contributed by atoms with Crippen LogP contribution in [-0.2, 0) is 6.42 Å². The molecular weight excluding hydrogens is 194 g/mol. The number of nitrogens with zero attached hydrogens (tertiary/aromatic N) is 4. The number of hydrogen-bond acceptors (Lipinski definition) is 6. The van der Waals surface area contributed by atoms with Crippen molar-refractivity contribution in [1.29, 1.82) is 0 Å². The molecule has 6 heteroatoms. The SMILES string of the molecule is Cc1cc(NCCc2ncno2)ncn1. The van der Waals surface area contributed by atoms with E-state index in [0.29, 0.717) is 18.9 Å². The molecular formula is C9H11N5O. The van der Waals surface area contributed by atoms with Crippen molar-refractivity contribution in [3.8, 4) is 0 Å². The van der Waals surface area contributed by atoms with Crippen LogP contribution in [0, 0.1) is 6.92 Å². The third-order valence-electron chi connectivity index (χ3n) is 1.86. The summed E-state index contributed by atoms with van der Waals surface area (Å²) in [5.41, 5.74) is 0.935. The second-order valence-electron chi connectivity index (χ2n) is 3.06. The van der Waals surface area contributed by atoms with Gasteiger partial charge in [0.2, 0.25) is 5.89 Å². The van der Waals surface area contributed by atoms with Crippen LogP contribution >= 0.6 is 0 Å². The second-order valence-corrected chi connectivity index (χ2v) is 3.06. The molecule has 0 fully saturated rings. The smallest absolute Gasteiger partial charge is 0.228 e. The van der Waals surface area contributed by atoms with Gasteiger partial charge in [0, 0.05) is 24.7 Å². The molecule has 15 heavy (non-hydrogen) atoms. The van der Waals surface area contributed by atoms with Crippen molar-refractivity contribution in [3.05, 3.63) is 30.3 Å². The molecule has 1 N–H and O–H groups in total. The van der Waals surface area contributed by atoms with E-state index in [-0.39, 0.29) is 0 Å². The number of rotatable bonds is 4. The van der Waals surface area contributed by atoms with Gasteiger partial charge in [0.15, 0.2) is 6.33 Å². The summed E-state index contributed by atoms with van der Waals surface area (Å²) >= 11 is 0. The van der Waals surface area contributed by atoms with Crippen LogP contribution in [0.5, 0.6) is 0 Å². The van der Waals surface area contributed by atoms with Crippen LogP contribution in [0.1, 0.15) is 11.6 Å². The highest BCUT2D eigenvalue weighted by atomic mass is 16.5. The highest BCUT2D eigenvalue weighted by Crippen LogP contribution is 2.02. The van der Waals surface area contributed by atoms with Gasteiger partial charge in [0.1, 0.15) is 12.1 Å². The zero-order chi connectivity index (χ0) is 10.5. The van der Waals surface area contributed by atoms with Gasteiger partial charge in [-0.05, 0) is 6.92 Å². The third-order valence-corrected chi connectivity index (χ3v) is 1.86. The van der Waals surface area contributed by atoms with E-state index in [0.717, 1.165) is 11.5 Å².